The minimum atomic E-state index is -0.744. The second-order valence-electron chi connectivity index (χ2n) is 4.07. The molecule has 2 N–H and O–H groups in total. The van der Waals surface area contributed by atoms with Gasteiger partial charge < -0.3 is 10.3 Å². The topological polar surface area (TPSA) is 73.8 Å². The van der Waals surface area contributed by atoms with Crippen LogP contribution in [0.25, 0.3) is 11.3 Å². The number of aryl methyl sites for hydroxylation is 1. The number of rotatable bonds is 5. The van der Waals surface area contributed by atoms with Crippen LogP contribution >= 0.6 is 0 Å². The zero-order chi connectivity index (χ0) is 13.0. The second kappa shape index (κ2) is 5.77. The Hall–Kier alpha value is -1.69. The molecular formula is C12H16N4OS. The van der Waals surface area contributed by atoms with E-state index >= 15 is 0 Å². The summed E-state index contributed by atoms with van der Waals surface area (Å²) in [5, 5.41) is 0. The first kappa shape index (κ1) is 12.8. The highest BCUT2D eigenvalue weighted by Crippen LogP contribution is 2.18. The summed E-state index contributed by atoms with van der Waals surface area (Å²) >= 11 is 0. The third kappa shape index (κ3) is 3.16. The summed E-state index contributed by atoms with van der Waals surface area (Å²) in [5.74, 6) is 1.21. The highest BCUT2D eigenvalue weighted by atomic mass is 32.2. The first-order valence-corrected chi connectivity index (χ1v) is 7.41. The van der Waals surface area contributed by atoms with Gasteiger partial charge in [-0.25, -0.2) is 9.97 Å². The molecular weight excluding hydrogens is 248 g/mol. The maximum absolute atomic E-state index is 11.0. The van der Waals surface area contributed by atoms with Crippen LogP contribution in [0.4, 0.5) is 5.82 Å². The van der Waals surface area contributed by atoms with Crippen molar-refractivity contribution < 1.29 is 4.21 Å². The third-order valence-electron chi connectivity index (χ3n) is 2.63. The highest BCUT2D eigenvalue weighted by molar-refractivity contribution is 7.84. The summed E-state index contributed by atoms with van der Waals surface area (Å²) < 4.78 is 13.1. The standard InChI is InChI=1S/C12H16N4OS/c1-18(17)6-2-5-16-9-14-8-11(16)10-3-4-12(13)15-7-10/h3-4,7-9H,2,5-6H2,1H3,(H2,13,15). The molecule has 2 heterocycles. The maximum atomic E-state index is 11.0. The SMILES string of the molecule is CS(=O)CCCn1cncc1-c1ccc(N)nc1. The van der Waals surface area contributed by atoms with E-state index < -0.39 is 10.8 Å². The summed E-state index contributed by atoms with van der Waals surface area (Å²) in [5.41, 5.74) is 7.55. The summed E-state index contributed by atoms with van der Waals surface area (Å²) in [6.45, 7) is 0.805. The average molecular weight is 264 g/mol. The molecule has 0 aromatic carbocycles. The van der Waals surface area contributed by atoms with E-state index in [2.05, 4.69) is 9.97 Å². The van der Waals surface area contributed by atoms with E-state index in [4.69, 9.17) is 5.73 Å². The van der Waals surface area contributed by atoms with Gasteiger partial charge in [-0.15, -0.1) is 0 Å². The first-order valence-electron chi connectivity index (χ1n) is 5.69. The first-order chi connectivity index (χ1) is 8.66. The predicted octanol–water partition coefficient (Wildman–Crippen LogP) is 1.30. The number of nitrogen functional groups attached to an aromatic ring is 1. The fourth-order valence-corrected chi connectivity index (χ4v) is 2.27. The lowest BCUT2D eigenvalue weighted by Crippen LogP contribution is -2.03. The van der Waals surface area contributed by atoms with Crippen LogP contribution in [0.1, 0.15) is 6.42 Å². The molecule has 2 aromatic rings. The molecule has 96 valence electrons. The van der Waals surface area contributed by atoms with Crippen LogP contribution in [0.2, 0.25) is 0 Å². The normalized spacial score (nSPS) is 12.5. The molecule has 0 spiro atoms. The maximum Gasteiger partial charge on any atom is 0.123 e. The Morgan fingerprint density at radius 3 is 2.89 bits per heavy atom. The van der Waals surface area contributed by atoms with E-state index in [1.165, 1.54) is 0 Å². The van der Waals surface area contributed by atoms with Crippen LogP contribution in [-0.4, -0.2) is 30.8 Å². The minimum absolute atomic E-state index is 0.506. The molecule has 0 radical (unpaired) electrons. The van der Waals surface area contributed by atoms with E-state index in [-0.39, 0.29) is 0 Å². The van der Waals surface area contributed by atoms with Crippen molar-refractivity contribution in [1.82, 2.24) is 14.5 Å². The molecule has 6 heteroatoms. The summed E-state index contributed by atoms with van der Waals surface area (Å²) in [6, 6.07) is 3.70. The van der Waals surface area contributed by atoms with Crippen molar-refractivity contribution in [3.05, 3.63) is 30.9 Å². The lowest BCUT2D eigenvalue weighted by molar-refractivity contribution is 0.663. The Bertz CT molecular complexity index is 535. The van der Waals surface area contributed by atoms with Gasteiger partial charge in [0.15, 0.2) is 0 Å². The molecule has 0 amide bonds. The molecule has 2 aromatic heterocycles. The number of pyridine rings is 1. The van der Waals surface area contributed by atoms with Crippen molar-refractivity contribution in [3.8, 4) is 11.3 Å². The smallest absolute Gasteiger partial charge is 0.123 e. The van der Waals surface area contributed by atoms with Crippen LogP contribution in [0, 0.1) is 0 Å². The van der Waals surface area contributed by atoms with Gasteiger partial charge in [0.05, 0.1) is 18.2 Å². The summed E-state index contributed by atoms with van der Waals surface area (Å²) in [4.78, 5) is 8.22. The van der Waals surface area contributed by atoms with Crippen molar-refractivity contribution in [2.75, 3.05) is 17.7 Å². The number of hydrogen-bond acceptors (Lipinski definition) is 4. The molecule has 0 bridgehead atoms. The Balaban J connectivity index is 2.12. The van der Waals surface area contributed by atoms with Gasteiger partial charge in [-0.2, -0.15) is 0 Å². The summed E-state index contributed by atoms with van der Waals surface area (Å²) in [6.07, 6.45) is 7.91. The number of hydrogen-bond donors (Lipinski definition) is 1. The van der Waals surface area contributed by atoms with Crippen molar-refractivity contribution in [2.24, 2.45) is 0 Å². The van der Waals surface area contributed by atoms with E-state index in [1.807, 2.05) is 10.6 Å². The molecule has 0 aliphatic heterocycles. The van der Waals surface area contributed by atoms with Crippen LogP contribution in [-0.2, 0) is 17.3 Å². The van der Waals surface area contributed by atoms with Crippen LogP contribution < -0.4 is 5.73 Å². The fraction of sp³-hybridized carbons (Fsp3) is 0.333. The van der Waals surface area contributed by atoms with Crippen molar-refractivity contribution in [2.45, 2.75) is 13.0 Å². The van der Waals surface area contributed by atoms with Crippen molar-refractivity contribution in [1.29, 1.82) is 0 Å². The second-order valence-corrected chi connectivity index (χ2v) is 5.63. The van der Waals surface area contributed by atoms with Crippen LogP contribution in [0.3, 0.4) is 0 Å². The van der Waals surface area contributed by atoms with Gasteiger partial charge in [-0.05, 0) is 18.6 Å². The lowest BCUT2D eigenvalue weighted by atomic mass is 10.2. The van der Waals surface area contributed by atoms with Gasteiger partial charge in [-0.3, -0.25) is 4.21 Å². The quantitative estimate of drug-likeness (QED) is 0.883. The van der Waals surface area contributed by atoms with Gasteiger partial charge in [0.1, 0.15) is 5.82 Å². The number of nitrogens with two attached hydrogens (primary N) is 1. The van der Waals surface area contributed by atoms with Crippen LogP contribution in [0.15, 0.2) is 30.9 Å². The fourth-order valence-electron chi connectivity index (χ4n) is 1.73. The molecule has 5 nitrogen and oxygen atoms in total. The van der Waals surface area contributed by atoms with E-state index in [0.717, 1.165) is 24.2 Å². The van der Waals surface area contributed by atoms with Gasteiger partial charge in [0.2, 0.25) is 0 Å². The largest absolute Gasteiger partial charge is 0.384 e. The summed E-state index contributed by atoms with van der Waals surface area (Å²) in [7, 11) is -0.744. The number of anilines is 1. The lowest BCUT2D eigenvalue weighted by Gasteiger charge is -2.07. The Kier molecular flexibility index (Phi) is 4.09. The molecule has 0 aliphatic carbocycles. The highest BCUT2D eigenvalue weighted by Gasteiger charge is 2.05. The molecule has 1 unspecified atom stereocenters. The monoisotopic (exact) mass is 264 g/mol. The van der Waals surface area contributed by atoms with Gasteiger partial charge >= 0.3 is 0 Å². The molecule has 0 saturated carbocycles. The molecule has 0 fully saturated rings. The number of nitrogens with zero attached hydrogens (tertiary/aromatic N) is 3. The predicted molar refractivity (Wildman–Crippen MR) is 73.4 cm³/mol. The molecule has 1 atom stereocenters. The zero-order valence-corrected chi connectivity index (χ0v) is 11.1. The Morgan fingerprint density at radius 2 is 2.22 bits per heavy atom. The van der Waals surface area contributed by atoms with E-state index in [9.17, 15) is 4.21 Å². The van der Waals surface area contributed by atoms with Gasteiger partial charge in [0, 0.05) is 41.1 Å². The molecule has 18 heavy (non-hydrogen) atoms. The average Bonchev–Trinajstić information content (AvgIpc) is 2.78. The molecule has 0 aliphatic rings. The van der Waals surface area contributed by atoms with E-state index in [0.29, 0.717) is 11.6 Å². The van der Waals surface area contributed by atoms with E-state index in [1.54, 1.807) is 31.0 Å². The van der Waals surface area contributed by atoms with Crippen molar-refractivity contribution >= 4 is 16.6 Å². The van der Waals surface area contributed by atoms with Gasteiger partial charge in [0.25, 0.3) is 0 Å². The minimum Gasteiger partial charge on any atom is -0.384 e. The third-order valence-corrected chi connectivity index (χ3v) is 3.49. The molecule has 2 rings (SSSR count). The number of aromatic nitrogens is 3. The van der Waals surface area contributed by atoms with Crippen molar-refractivity contribution in [3.63, 3.8) is 0 Å². The van der Waals surface area contributed by atoms with Gasteiger partial charge in [-0.1, -0.05) is 0 Å². The number of imidazole rings is 1. The zero-order valence-electron chi connectivity index (χ0n) is 10.2. The Labute approximate surface area is 109 Å². The molecule has 0 saturated heterocycles. The van der Waals surface area contributed by atoms with Crippen LogP contribution in [0.5, 0.6) is 0 Å². The Morgan fingerprint density at radius 1 is 1.39 bits per heavy atom.